The molecule has 0 aromatic heterocycles. The number of halogens is 4. The van der Waals surface area contributed by atoms with E-state index in [0.717, 1.165) is 11.6 Å². The van der Waals surface area contributed by atoms with Crippen LogP contribution in [0.2, 0.25) is 0 Å². The van der Waals surface area contributed by atoms with Crippen LogP contribution in [-0.2, 0) is 6.18 Å². The minimum Gasteiger partial charge on any atom is -0.497 e. The molecule has 0 bridgehead atoms. The van der Waals surface area contributed by atoms with Gasteiger partial charge in [0.1, 0.15) is 5.75 Å². The maximum atomic E-state index is 12.9. The molecule has 0 saturated carbocycles. The fourth-order valence-corrected chi connectivity index (χ4v) is 1.72. The highest BCUT2D eigenvalue weighted by atomic mass is 35.5. The minimum absolute atomic E-state index is 0. The standard InChI is InChI=1S/C13H16F3NO.ClH/c1-8(2)6-12(17)10-5-4-9(18-3)7-11(10)13(14,15)16;/h4-5,7,12H,1,6,17H2,2-3H3;1H/t12-;/m0./s1. The SMILES string of the molecule is C=C(C)C[C@H](N)c1ccc(OC)cc1C(F)(F)F.Cl. The van der Waals surface area contributed by atoms with E-state index in [-0.39, 0.29) is 23.7 Å². The number of rotatable bonds is 4. The van der Waals surface area contributed by atoms with Crippen molar-refractivity contribution in [2.75, 3.05) is 7.11 Å². The highest BCUT2D eigenvalue weighted by molar-refractivity contribution is 5.85. The highest BCUT2D eigenvalue weighted by Gasteiger charge is 2.35. The molecule has 1 aromatic rings. The summed E-state index contributed by atoms with van der Waals surface area (Å²) < 4.78 is 43.6. The third-order valence-electron chi connectivity index (χ3n) is 2.53. The number of ether oxygens (including phenoxy) is 1. The van der Waals surface area contributed by atoms with Crippen LogP contribution in [0, 0.1) is 0 Å². The maximum absolute atomic E-state index is 12.9. The normalized spacial score (nSPS) is 12.5. The summed E-state index contributed by atoms with van der Waals surface area (Å²) in [6, 6.07) is 3.08. The van der Waals surface area contributed by atoms with Crippen molar-refractivity contribution in [1.82, 2.24) is 0 Å². The number of alkyl halides is 3. The first-order valence-electron chi connectivity index (χ1n) is 5.40. The third-order valence-corrected chi connectivity index (χ3v) is 2.53. The lowest BCUT2D eigenvalue weighted by molar-refractivity contribution is -0.138. The molecule has 0 aliphatic heterocycles. The van der Waals surface area contributed by atoms with Gasteiger partial charge in [-0.05, 0) is 31.0 Å². The molecule has 1 atom stereocenters. The lowest BCUT2D eigenvalue weighted by Crippen LogP contribution is -2.17. The second kappa shape index (κ2) is 6.82. The second-order valence-electron chi connectivity index (χ2n) is 4.22. The van der Waals surface area contributed by atoms with Crippen molar-refractivity contribution in [1.29, 1.82) is 0 Å². The molecule has 2 N–H and O–H groups in total. The van der Waals surface area contributed by atoms with Crippen molar-refractivity contribution in [3.05, 3.63) is 41.5 Å². The van der Waals surface area contributed by atoms with Crippen molar-refractivity contribution in [3.63, 3.8) is 0 Å². The number of methoxy groups -OCH3 is 1. The average molecular weight is 296 g/mol. The molecule has 0 spiro atoms. The van der Waals surface area contributed by atoms with E-state index < -0.39 is 17.8 Å². The molecular formula is C13H17ClF3NO. The zero-order chi connectivity index (χ0) is 13.9. The second-order valence-corrected chi connectivity index (χ2v) is 4.22. The summed E-state index contributed by atoms with van der Waals surface area (Å²) >= 11 is 0. The Hall–Kier alpha value is -1.20. The molecule has 0 saturated heterocycles. The van der Waals surface area contributed by atoms with E-state index in [4.69, 9.17) is 10.5 Å². The van der Waals surface area contributed by atoms with Crippen LogP contribution >= 0.6 is 12.4 Å². The molecule has 0 amide bonds. The summed E-state index contributed by atoms with van der Waals surface area (Å²) in [7, 11) is 1.32. The molecule has 2 nitrogen and oxygen atoms in total. The average Bonchev–Trinajstić information content (AvgIpc) is 2.26. The Morgan fingerprint density at radius 3 is 2.42 bits per heavy atom. The fourth-order valence-electron chi connectivity index (χ4n) is 1.72. The summed E-state index contributed by atoms with van der Waals surface area (Å²) in [6.45, 7) is 5.39. The Morgan fingerprint density at radius 1 is 1.42 bits per heavy atom. The summed E-state index contributed by atoms with van der Waals surface area (Å²) in [5.74, 6) is 0.161. The van der Waals surface area contributed by atoms with Gasteiger partial charge in [-0.3, -0.25) is 0 Å². The van der Waals surface area contributed by atoms with Gasteiger partial charge in [0.2, 0.25) is 0 Å². The number of nitrogens with two attached hydrogens (primary N) is 1. The zero-order valence-corrected chi connectivity index (χ0v) is 11.6. The molecule has 1 aromatic carbocycles. The summed E-state index contributed by atoms with van der Waals surface area (Å²) in [6.07, 6.45) is -4.13. The molecule has 1 rings (SSSR count). The molecule has 108 valence electrons. The van der Waals surface area contributed by atoms with E-state index in [1.54, 1.807) is 6.92 Å². The monoisotopic (exact) mass is 295 g/mol. The van der Waals surface area contributed by atoms with Gasteiger partial charge in [0.25, 0.3) is 0 Å². The molecule has 0 unspecified atom stereocenters. The summed E-state index contributed by atoms with van der Waals surface area (Å²) in [5.41, 5.74) is 5.83. The van der Waals surface area contributed by atoms with Crippen LogP contribution in [0.5, 0.6) is 5.75 Å². The predicted octanol–water partition coefficient (Wildman–Crippen LogP) is 4.10. The van der Waals surface area contributed by atoms with Gasteiger partial charge in [-0.25, -0.2) is 0 Å². The van der Waals surface area contributed by atoms with E-state index >= 15 is 0 Å². The zero-order valence-electron chi connectivity index (χ0n) is 10.8. The first kappa shape index (κ1) is 17.8. The molecule has 0 aliphatic carbocycles. The van der Waals surface area contributed by atoms with Crippen LogP contribution < -0.4 is 10.5 Å². The van der Waals surface area contributed by atoms with Crippen LogP contribution in [-0.4, -0.2) is 7.11 Å². The van der Waals surface area contributed by atoms with Crippen LogP contribution in [0.3, 0.4) is 0 Å². The van der Waals surface area contributed by atoms with Crippen LogP contribution in [0.1, 0.15) is 30.5 Å². The van der Waals surface area contributed by atoms with Crippen molar-refractivity contribution in [2.45, 2.75) is 25.6 Å². The molecule has 6 heteroatoms. The van der Waals surface area contributed by atoms with Crippen molar-refractivity contribution in [2.24, 2.45) is 5.73 Å². The lowest BCUT2D eigenvalue weighted by Gasteiger charge is -2.19. The van der Waals surface area contributed by atoms with Gasteiger partial charge in [-0.2, -0.15) is 13.2 Å². The maximum Gasteiger partial charge on any atom is 0.416 e. The van der Waals surface area contributed by atoms with Gasteiger partial charge in [-0.15, -0.1) is 19.0 Å². The molecule has 0 heterocycles. The fraction of sp³-hybridized carbons (Fsp3) is 0.385. The number of hydrogen-bond acceptors (Lipinski definition) is 2. The van der Waals surface area contributed by atoms with E-state index in [2.05, 4.69) is 6.58 Å². The number of benzene rings is 1. The van der Waals surface area contributed by atoms with Crippen LogP contribution in [0.15, 0.2) is 30.4 Å². The highest BCUT2D eigenvalue weighted by Crippen LogP contribution is 2.37. The molecule has 0 radical (unpaired) electrons. The third kappa shape index (κ3) is 4.76. The molecule has 0 aliphatic rings. The van der Waals surface area contributed by atoms with Crippen molar-refractivity contribution in [3.8, 4) is 5.75 Å². The van der Waals surface area contributed by atoms with E-state index in [1.165, 1.54) is 19.2 Å². The quantitative estimate of drug-likeness (QED) is 0.849. The Balaban J connectivity index is 0.00000324. The smallest absolute Gasteiger partial charge is 0.416 e. The Kier molecular flexibility index (Phi) is 6.39. The summed E-state index contributed by atoms with van der Waals surface area (Å²) in [5, 5.41) is 0. The van der Waals surface area contributed by atoms with E-state index in [0.29, 0.717) is 6.42 Å². The van der Waals surface area contributed by atoms with Gasteiger partial charge in [0, 0.05) is 6.04 Å². The van der Waals surface area contributed by atoms with Gasteiger partial charge < -0.3 is 10.5 Å². The number of hydrogen-bond donors (Lipinski definition) is 1. The minimum atomic E-state index is -4.45. The van der Waals surface area contributed by atoms with Gasteiger partial charge in [0.05, 0.1) is 12.7 Å². The molecular weight excluding hydrogens is 279 g/mol. The Labute approximate surface area is 116 Å². The van der Waals surface area contributed by atoms with Crippen molar-refractivity contribution >= 4 is 12.4 Å². The van der Waals surface area contributed by atoms with E-state index in [9.17, 15) is 13.2 Å². The first-order valence-corrected chi connectivity index (χ1v) is 5.40. The van der Waals surface area contributed by atoms with Crippen molar-refractivity contribution < 1.29 is 17.9 Å². The molecule has 19 heavy (non-hydrogen) atoms. The Bertz CT molecular complexity index is 446. The predicted molar refractivity (Wildman–Crippen MR) is 71.6 cm³/mol. The largest absolute Gasteiger partial charge is 0.497 e. The van der Waals surface area contributed by atoms with Gasteiger partial charge in [0.15, 0.2) is 0 Å². The van der Waals surface area contributed by atoms with Gasteiger partial charge >= 0.3 is 6.18 Å². The summed E-state index contributed by atoms with van der Waals surface area (Å²) in [4.78, 5) is 0. The lowest BCUT2D eigenvalue weighted by atomic mass is 9.96. The van der Waals surface area contributed by atoms with E-state index in [1.807, 2.05) is 0 Å². The first-order chi connectivity index (χ1) is 8.25. The molecule has 0 fully saturated rings. The van der Waals surface area contributed by atoms with Crippen LogP contribution in [0.25, 0.3) is 0 Å². The Morgan fingerprint density at radius 2 is 2.00 bits per heavy atom. The van der Waals surface area contributed by atoms with Gasteiger partial charge in [-0.1, -0.05) is 11.6 Å². The van der Waals surface area contributed by atoms with Crippen LogP contribution in [0.4, 0.5) is 13.2 Å². The topological polar surface area (TPSA) is 35.2 Å².